The van der Waals surface area contributed by atoms with E-state index in [9.17, 15) is 8.78 Å². The van der Waals surface area contributed by atoms with Gasteiger partial charge in [0.1, 0.15) is 0 Å². The Morgan fingerprint density at radius 1 is 1.30 bits per heavy atom. The molecule has 0 aromatic carbocycles. The van der Waals surface area contributed by atoms with Crippen molar-refractivity contribution in [2.24, 2.45) is 23.7 Å². The molecule has 4 aliphatic rings. The Bertz CT molecular complexity index is 889. The van der Waals surface area contributed by atoms with Crippen LogP contribution in [0.1, 0.15) is 37.7 Å². The second kappa shape index (κ2) is 9.54. The number of rotatable bonds is 9. The highest BCUT2D eigenvalue weighted by Crippen LogP contribution is 2.61. The largest absolute Gasteiger partial charge is 0.431 e. The van der Waals surface area contributed by atoms with Crippen molar-refractivity contribution in [3.63, 3.8) is 0 Å². The van der Waals surface area contributed by atoms with Crippen LogP contribution in [0.2, 0.25) is 0 Å². The highest BCUT2D eigenvalue weighted by atomic mass is 19.3. The lowest BCUT2D eigenvalue weighted by molar-refractivity contribution is -0.0495. The summed E-state index contributed by atoms with van der Waals surface area (Å²) in [6, 6.07) is 2.02. The maximum absolute atomic E-state index is 12.7. The molecule has 7 nitrogen and oxygen atoms in total. The summed E-state index contributed by atoms with van der Waals surface area (Å²) >= 11 is 0. The molecule has 3 saturated carbocycles. The van der Waals surface area contributed by atoms with Gasteiger partial charge in [-0.2, -0.15) is 8.78 Å². The monoisotopic (exact) mass is 461 g/mol. The molecule has 0 radical (unpaired) electrons. The number of pyridine rings is 1. The van der Waals surface area contributed by atoms with Crippen LogP contribution < -0.4 is 15.8 Å². The minimum atomic E-state index is -2.99. The number of hydrogen-bond donors (Lipinski definition) is 3. The normalized spacial score (nSPS) is 30.1. The van der Waals surface area contributed by atoms with Crippen molar-refractivity contribution in [2.75, 3.05) is 38.6 Å². The highest BCUT2D eigenvalue weighted by Gasteiger charge is 2.58. The second-order valence-electron chi connectivity index (χ2n) is 9.80. The van der Waals surface area contributed by atoms with Crippen molar-refractivity contribution in [1.82, 2.24) is 15.2 Å². The first-order valence-electron chi connectivity index (χ1n) is 12.1. The number of nitrogens with one attached hydrogen (secondary N) is 2. The smallest absolute Gasteiger partial charge is 0.387 e. The Balaban J connectivity index is 1.28. The maximum Gasteiger partial charge on any atom is 0.387 e. The first kappa shape index (κ1) is 22.5. The lowest BCUT2D eigenvalue weighted by atomic mass is 9.85. The molecule has 1 aliphatic heterocycles. The number of anilines is 1. The molecule has 2 heterocycles. The molecule has 180 valence electrons. The van der Waals surface area contributed by atoms with Crippen molar-refractivity contribution in [3.8, 4) is 5.75 Å². The van der Waals surface area contributed by atoms with E-state index in [-0.39, 0.29) is 17.3 Å². The second-order valence-corrected chi connectivity index (χ2v) is 9.80. The molecule has 4 fully saturated rings. The molecular weight excluding hydrogens is 428 g/mol. The summed E-state index contributed by atoms with van der Waals surface area (Å²) in [6.45, 7) is 1.64. The van der Waals surface area contributed by atoms with Crippen LogP contribution in [0.25, 0.3) is 0 Å². The third kappa shape index (κ3) is 4.99. The average Bonchev–Trinajstić information content (AvgIpc) is 3.25. The van der Waals surface area contributed by atoms with Gasteiger partial charge in [0, 0.05) is 49.1 Å². The molecule has 33 heavy (non-hydrogen) atoms. The predicted molar refractivity (Wildman–Crippen MR) is 121 cm³/mol. The van der Waals surface area contributed by atoms with Crippen LogP contribution >= 0.6 is 0 Å². The lowest BCUT2D eigenvalue weighted by Crippen LogP contribution is -2.43. The Labute approximate surface area is 193 Å². The van der Waals surface area contributed by atoms with Crippen LogP contribution in [0.3, 0.4) is 0 Å². The van der Waals surface area contributed by atoms with Crippen LogP contribution in [0, 0.1) is 29.1 Å². The molecule has 0 bridgehead atoms. The van der Waals surface area contributed by atoms with Crippen molar-refractivity contribution >= 4 is 11.5 Å². The number of alkyl halides is 2. The Kier molecular flexibility index (Phi) is 6.51. The molecule has 4 atom stereocenters. The minimum Gasteiger partial charge on any atom is -0.431 e. The molecule has 3 aliphatic carbocycles. The van der Waals surface area contributed by atoms with Gasteiger partial charge in [-0.3, -0.25) is 4.90 Å². The number of hydrogen-bond acceptors (Lipinski definition) is 7. The van der Waals surface area contributed by atoms with Crippen molar-refractivity contribution < 1.29 is 18.3 Å². The van der Waals surface area contributed by atoms with E-state index in [1.54, 1.807) is 0 Å². The van der Waals surface area contributed by atoms with E-state index in [0.29, 0.717) is 35.3 Å². The quantitative estimate of drug-likeness (QED) is 0.489. The van der Waals surface area contributed by atoms with Gasteiger partial charge in [-0.15, -0.1) is 0 Å². The van der Waals surface area contributed by atoms with Gasteiger partial charge in [0.15, 0.2) is 11.6 Å². The fourth-order valence-corrected chi connectivity index (χ4v) is 5.77. The molecule has 5 rings (SSSR count). The van der Waals surface area contributed by atoms with Crippen LogP contribution in [-0.4, -0.2) is 61.1 Å². The topological polar surface area (TPSA) is 96.5 Å². The number of allylic oxidation sites excluding steroid dienone is 2. The summed E-state index contributed by atoms with van der Waals surface area (Å²) in [4.78, 5) is 6.52. The van der Waals surface area contributed by atoms with Gasteiger partial charge in [-0.25, -0.2) is 4.98 Å². The zero-order chi connectivity index (χ0) is 22.9. The number of aromatic nitrogens is 1. The van der Waals surface area contributed by atoms with Gasteiger partial charge in [-0.1, -0.05) is 6.42 Å². The van der Waals surface area contributed by atoms with Crippen LogP contribution in [0.5, 0.6) is 5.75 Å². The van der Waals surface area contributed by atoms with Gasteiger partial charge in [0.25, 0.3) is 0 Å². The predicted octanol–water partition coefficient (Wildman–Crippen LogP) is 3.26. The standard InChI is InChI=1S/C24H33F2N5O2/c25-24(26)33-21-8-15(13-30-23(21)28)19(27)11-20(29-12-14-2-1-3-14)22-17-9-16(10-18(17)22)31-4-6-32-7-5-31/h8,11,13-14,16-18,22,24,27,29H,1-7,9-10,12H2,(H2,28,30)/b20-11-,27-19?/t16-,17+,18-,22-. The summed E-state index contributed by atoms with van der Waals surface area (Å²) < 4.78 is 35.3. The number of fused-ring (bicyclic) bond motifs is 1. The van der Waals surface area contributed by atoms with E-state index in [1.807, 2.05) is 6.08 Å². The van der Waals surface area contributed by atoms with Crippen molar-refractivity contribution in [2.45, 2.75) is 44.8 Å². The Morgan fingerprint density at radius 3 is 2.67 bits per heavy atom. The highest BCUT2D eigenvalue weighted by molar-refractivity contribution is 6.07. The third-order valence-electron chi connectivity index (χ3n) is 7.87. The molecule has 1 aromatic heterocycles. The zero-order valence-corrected chi connectivity index (χ0v) is 18.8. The van der Waals surface area contributed by atoms with E-state index in [4.69, 9.17) is 15.9 Å². The van der Waals surface area contributed by atoms with E-state index >= 15 is 0 Å². The third-order valence-corrected chi connectivity index (χ3v) is 7.87. The number of morpholine rings is 1. The van der Waals surface area contributed by atoms with E-state index in [0.717, 1.165) is 38.5 Å². The van der Waals surface area contributed by atoms with Crippen LogP contribution in [0.4, 0.5) is 14.6 Å². The fraction of sp³-hybridized carbons (Fsp3) is 0.667. The van der Waals surface area contributed by atoms with Gasteiger partial charge >= 0.3 is 6.61 Å². The number of halogens is 2. The van der Waals surface area contributed by atoms with Crippen molar-refractivity contribution in [1.29, 1.82) is 5.41 Å². The van der Waals surface area contributed by atoms with E-state index < -0.39 is 6.61 Å². The minimum absolute atomic E-state index is 0.106. The number of nitrogens with two attached hydrogens (primary N) is 1. The van der Waals surface area contributed by atoms with Gasteiger partial charge in [0.05, 0.1) is 18.9 Å². The number of nitrogen functional groups attached to an aromatic ring is 1. The maximum atomic E-state index is 12.7. The summed E-state index contributed by atoms with van der Waals surface area (Å²) in [5, 5.41) is 12.3. The number of ether oxygens (including phenoxy) is 2. The summed E-state index contributed by atoms with van der Waals surface area (Å²) in [5.74, 6) is 2.14. The summed E-state index contributed by atoms with van der Waals surface area (Å²) in [5.41, 5.74) is 7.41. The Morgan fingerprint density at radius 2 is 2.03 bits per heavy atom. The van der Waals surface area contributed by atoms with Crippen molar-refractivity contribution in [3.05, 3.63) is 29.6 Å². The zero-order valence-electron chi connectivity index (χ0n) is 18.8. The van der Waals surface area contributed by atoms with Gasteiger partial charge in [-0.05, 0) is 55.6 Å². The molecular formula is C24H33F2N5O2. The molecule has 0 unspecified atom stereocenters. The van der Waals surface area contributed by atoms with Gasteiger partial charge < -0.3 is 25.9 Å². The molecule has 1 aromatic rings. The lowest BCUT2D eigenvalue weighted by Gasteiger charge is -2.33. The molecule has 1 saturated heterocycles. The molecule has 4 N–H and O–H groups in total. The van der Waals surface area contributed by atoms with E-state index in [2.05, 4.69) is 19.9 Å². The van der Waals surface area contributed by atoms with E-state index in [1.165, 1.54) is 44.4 Å². The molecule has 0 spiro atoms. The average molecular weight is 462 g/mol. The van der Waals surface area contributed by atoms with Crippen LogP contribution in [0.15, 0.2) is 24.0 Å². The molecule has 9 heteroatoms. The van der Waals surface area contributed by atoms with Crippen LogP contribution in [-0.2, 0) is 4.74 Å². The van der Waals surface area contributed by atoms with Gasteiger partial charge in [0.2, 0.25) is 0 Å². The fourth-order valence-electron chi connectivity index (χ4n) is 5.77. The number of nitrogens with zero attached hydrogens (tertiary/aromatic N) is 2. The summed E-state index contributed by atoms with van der Waals surface area (Å²) in [6.07, 6.45) is 9.50. The Hall–Kier alpha value is -2.26. The SMILES string of the molecule is N=C(/C=C(\NCC1CCC1)[C@H]1[C@@H]2C[C@H](N3CCOCC3)C[C@@H]21)c1cnc(N)c(OC(F)F)c1. The molecule has 0 amide bonds. The first-order chi connectivity index (χ1) is 16.0. The first-order valence-corrected chi connectivity index (χ1v) is 12.1. The summed E-state index contributed by atoms with van der Waals surface area (Å²) in [7, 11) is 0.